The molecule has 0 bridgehead atoms. The number of nitro groups is 1. The molecule has 0 heterocycles. The number of carbonyl (C=O) groups excluding carboxylic acids is 1. The van der Waals surface area contributed by atoms with E-state index in [9.17, 15) is 14.9 Å². The second-order valence-corrected chi connectivity index (χ2v) is 4.99. The van der Waals surface area contributed by atoms with Gasteiger partial charge >= 0.3 is 5.97 Å². The molecule has 124 valence electrons. The van der Waals surface area contributed by atoms with Crippen molar-refractivity contribution in [3.05, 3.63) is 57.6 Å². The molecule has 24 heavy (non-hydrogen) atoms. The van der Waals surface area contributed by atoms with Crippen LogP contribution in [0.3, 0.4) is 0 Å². The van der Waals surface area contributed by atoms with Crippen molar-refractivity contribution < 1.29 is 19.2 Å². The van der Waals surface area contributed by atoms with Crippen molar-refractivity contribution in [2.24, 2.45) is 4.99 Å². The van der Waals surface area contributed by atoms with Crippen molar-refractivity contribution in [2.45, 2.75) is 13.8 Å². The molecule has 0 aliphatic carbocycles. The minimum atomic E-state index is -0.443. The van der Waals surface area contributed by atoms with Crippen molar-refractivity contribution in [3.8, 4) is 11.5 Å². The fraction of sp³-hybridized carbons (Fsp3) is 0.176. The molecule has 0 atom stereocenters. The summed E-state index contributed by atoms with van der Waals surface area (Å²) in [6.45, 7) is 2.98. The van der Waals surface area contributed by atoms with Crippen LogP contribution < -0.4 is 9.47 Å². The molecular weight excluding hydrogens is 312 g/mol. The van der Waals surface area contributed by atoms with Crippen LogP contribution in [-0.2, 0) is 4.79 Å². The van der Waals surface area contributed by atoms with E-state index in [1.165, 1.54) is 20.1 Å². The summed E-state index contributed by atoms with van der Waals surface area (Å²) in [6.07, 6.45) is 1.55. The maximum absolute atomic E-state index is 11.0. The molecule has 2 aromatic rings. The Balaban J connectivity index is 2.27. The molecule has 0 aromatic heterocycles. The fourth-order valence-electron chi connectivity index (χ4n) is 2.03. The van der Waals surface area contributed by atoms with Gasteiger partial charge in [0.1, 0.15) is 0 Å². The number of aliphatic imine (C=N–C) groups is 1. The lowest BCUT2D eigenvalue weighted by Crippen LogP contribution is -2.03. The van der Waals surface area contributed by atoms with Crippen LogP contribution in [0.2, 0.25) is 0 Å². The molecular formula is C17H16N2O5. The summed E-state index contributed by atoms with van der Waals surface area (Å²) in [5, 5.41) is 11.0. The molecule has 2 rings (SSSR count). The first-order chi connectivity index (χ1) is 11.4. The first-order valence-corrected chi connectivity index (χ1v) is 7.06. The highest BCUT2D eigenvalue weighted by Crippen LogP contribution is 2.28. The number of aryl methyl sites for hydroxylation is 1. The van der Waals surface area contributed by atoms with E-state index < -0.39 is 10.9 Å². The molecule has 7 nitrogen and oxygen atoms in total. The topological polar surface area (TPSA) is 91.0 Å². The largest absolute Gasteiger partial charge is 0.493 e. The predicted octanol–water partition coefficient (Wildman–Crippen LogP) is 3.59. The Morgan fingerprint density at radius 2 is 1.96 bits per heavy atom. The van der Waals surface area contributed by atoms with Crippen LogP contribution in [0.4, 0.5) is 11.4 Å². The molecule has 0 spiro atoms. The zero-order valence-corrected chi connectivity index (χ0v) is 13.5. The van der Waals surface area contributed by atoms with Crippen LogP contribution in [0.5, 0.6) is 11.5 Å². The second kappa shape index (κ2) is 7.36. The zero-order chi connectivity index (χ0) is 17.7. The lowest BCUT2D eigenvalue weighted by Gasteiger charge is -2.08. The Morgan fingerprint density at radius 3 is 2.58 bits per heavy atom. The van der Waals surface area contributed by atoms with Gasteiger partial charge in [-0.05, 0) is 36.8 Å². The molecule has 0 saturated carbocycles. The molecule has 0 N–H and O–H groups in total. The third-order valence-corrected chi connectivity index (χ3v) is 3.19. The molecule has 0 saturated heterocycles. The molecule has 0 radical (unpaired) electrons. The number of nitro benzene ring substituents is 1. The maximum atomic E-state index is 11.0. The van der Waals surface area contributed by atoms with Crippen molar-refractivity contribution in [1.82, 2.24) is 0 Å². The molecule has 0 aliphatic heterocycles. The second-order valence-electron chi connectivity index (χ2n) is 4.99. The number of esters is 1. The number of benzene rings is 2. The third-order valence-electron chi connectivity index (χ3n) is 3.19. The average molecular weight is 328 g/mol. The van der Waals surface area contributed by atoms with E-state index in [4.69, 9.17) is 9.47 Å². The molecule has 0 unspecified atom stereocenters. The standard InChI is InChI=1S/C17H16N2O5/c1-11-4-6-14(9-15(11)19(21)22)18-10-13-5-7-16(24-12(2)20)17(8-13)23-3/h4-10H,1-3H3. The number of ether oxygens (including phenoxy) is 2. The van der Waals surface area contributed by atoms with Crippen LogP contribution in [0.1, 0.15) is 18.1 Å². The van der Waals surface area contributed by atoms with E-state index in [0.717, 1.165) is 0 Å². The van der Waals surface area contributed by atoms with Crippen LogP contribution >= 0.6 is 0 Å². The quantitative estimate of drug-likeness (QED) is 0.275. The number of carbonyl (C=O) groups is 1. The highest BCUT2D eigenvalue weighted by Gasteiger charge is 2.10. The summed E-state index contributed by atoms with van der Waals surface area (Å²) in [7, 11) is 1.46. The monoisotopic (exact) mass is 328 g/mol. The number of hydrogen-bond acceptors (Lipinski definition) is 6. The molecule has 0 amide bonds. The first-order valence-electron chi connectivity index (χ1n) is 7.06. The Bertz CT molecular complexity index is 815. The zero-order valence-electron chi connectivity index (χ0n) is 13.5. The number of rotatable bonds is 5. The number of methoxy groups -OCH3 is 1. The normalized spacial score (nSPS) is 10.6. The van der Waals surface area contributed by atoms with Gasteiger partial charge < -0.3 is 9.47 Å². The third kappa shape index (κ3) is 4.16. The highest BCUT2D eigenvalue weighted by atomic mass is 16.6. The lowest BCUT2D eigenvalue weighted by molar-refractivity contribution is -0.385. The van der Waals surface area contributed by atoms with Crippen LogP contribution in [0, 0.1) is 17.0 Å². The summed E-state index contributed by atoms with van der Waals surface area (Å²) in [4.78, 5) is 25.8. The lowest BCUT2D eigenvalue weighted by atomic mass is 10.2. The fourth-order valence-corrected chi connectivity index (χ4v) is 2.03. The molecule has 0 aliphatic rings. The van der Waals surface area contributed by atoms with Gasteiger partial charge in [0.15, 0.2) is 11.5 Å². The number of nitrogens with zero attached hydrogens (tertiary/aromatic N) is 2. The van der Waals surface area contributed by atoms with Crippen LogP contribution in [-0.4, -0.2) is 24.2 Å². The summed E-state index contributed by atoms with van der Waals surface area (Å²) >= 11 is 0. The van der Waals surface area contributed by atoms with Gasteiger partial charge in [0.05, 0.1) is 17.7 Å². The molecule has 2 aromatic carbocycles. The summed E-state index contributed by atoms with van der Waals surface area (Å²) in [6, 6.07) is 9.71. The van der Waals surface area contributed by atoms with Gasteiger partial charge in [-0.15, -0.1) is 0 Å². The van der Waals surface area contributed by atoms with Gasteiger partial charge in [0.2, 0.25) is 0 Å². The minimum absolute atomic E-state index is 0.0208. The van der Waals surface area contributed by atoms with Gasteiger partial charge in [-0.25, -0.2) is 0 Å². The highest BCUT2D eigenvalue weighted by molar-refractivity contribution is 5.83. The van der Waals surface area contributed by atoms with Gasteiger partial charge in [-0.1, -0.05) is 6.07 Å². The van der Waals surface area contributed by atoms with E-state index in [-0.39, 0.29) is 5.69 Å². The van der Waals surface area contributed by atoms with Crippen LogP contribution in [0.25, 0.3) is 0 Å². The Hall–Kier alpha value is -3.22. The van der Waals surface area contributed by atoms with E-state index in [0.29, 0.717) is 28.3 Å². The van der Waals surface area contributed by atoms with Gasteiger partial charge in [0, 0.05) is 24.8 Å². The summed E-state index contributed by atoms with van der Waals surface area (Å²) < 4.78 is 10.2. The maximum Gasteiger partial charge on any atom is 0.308 e. The minimum Gasteiger partial charge on any atom is -0.493 e. The van der Waals surface area contributed by atoms with Gasteiger partial charge in [-0.3, -0.25) is 19.9 Å². The molecule has 7 heteroatoms. The van der Waals surface area contributed by atoms with Gasteiger partial charge in [0.25, 0.3) is 5.69 Å². The number of hydrogen-bond donors (Lipinski definition) is 0. The van der Waals surface area contributed by atoms with Gasteiger partial charge in [-0.2, -0.15) is 0 Å². The Labute approximate surface area is 138 Å². The van der Waals surface area contributed by atoms with E-state index in [1.54, 1.807) is 43.5 Å². The van der Waals surface area contributed by atoms with Crippen molar-refractivity contribution in [2.75, 3.05) is 7.11 Å². The van der Waals surface area contributed by atoms with E-state index >= 15 is 0 Å². The predicted molar refractivity (Wildman–Crippen MR) is 89.4 cm³/mol. The van der Waals surface area contributed by atoms with Crippen molar-refractivity contribution in [1.29, 1.82) is 0 Å². The Kier molecular flexibility index (Phi) is 5.26. The van der Waals surface area contributed by atoms with E-state index in [2.05, 4.69) is 4.99 Å². The van der Waals surface area contributed by atoms with Crippen LogP contribution in [0.15, 0.2) is 41.4 Å². The summed E-state index contributed by atoms with van der Waals surface area (Å²) in [5.41, 5.74) is 1.76. The summed E-state index contributed by atoms with van der Waals surface area (Å²) in [5.74, 6) is 0.263. The SMILES string of the molecule is COc1cc(C=Nc2ccc(C)c([N+](=O)[O-])c2)ccc1OC(C)=O. The first kappa shape index (κ1) is 17.1. The Morgan fingerprint density at radius 1 is 1.21 bits per heavy atom. The van der Waals surface area contributed by atoms with E-state index in [1.807, 2.05) is 0 Å². The smallest absolute Gasteiger partial charge is 0.308 e. The molecule has 0 fully saturated rings. The van der Waals surface area contributed by atoms with Crippen molar-refractivity contribution >= 4 is 23.6 Å². The average Bonchev–Trinajstić information content (AvgIpc) is 2.54. The van der Waals surface area contributed by atoms with Crippen molar-refractivity contribution in [3.63, 3.8) is 0 Å².